The number of aromatic nitrogens is 2. The molecule has 0 radical (unpaired) electrons. The number of anilines is 1. The van der Waals surface area contributed by atoms with E-state index in [9.17, 15) is 14.4 Å². The van der Waals surface area contributed by atoms with Crippen LogP contribution in [0.1, 0.15) is 22.8 Å². The summed E-state index contributed by atoms with van der Waals surface area (Å²) in [5.74, 6) is -0.408. The normalized spacial score (nSPS) is 10.4. The summed E-state index contributed by atoms with van der Waals surface area (Å²) in [7, 11) is 0. The van der Waals surface area contributed by atoms with Crippen molar-refractivity contribution >= 4 is 29.2 Å². The lowest BCUT2D eigenvalue weighted by Crippen LogP contribution is -2.22. The standard InChI is InChI=1S/C21H18ClN3O4/c1-2-29-21(28)14-5-9-17(10-6-14)24-18(26)11-15-12-23-19(25-20(15)27)13-3-7-16(22)8-4-13/h3-10,12H,2,11H2,1H3,(H,24,26)(H,23,25,27). The summed E-state index contributed by atoms with van der Waals surface area (Å²) in [4.78, 5) is 43.1. The third-order valence-corrected chi connectivity index (χ3v) is 4.27. The second-order valence-corrected chi connectivity index (χ2v) is 6.55. The van der Waals surface area contributed by atoms with Crippen molar-refractivity contribution in [2.45, 2.75) is 13.3 Å². The molecule has 0 aliphatic rings. The van der Waals surface area contributed by atoms with E-state index in [2.05, 4.69) is 15.3 Å². The van der Waals surface area contributed by atoms with Gasteiger partial charge in [-0.25, -0.2) is 9.78 Å². The number of amides is 1. The highest BCUT2D eigenvalue weighted by Gasteiger charge is 2.11. The van der Waals surface area contributed by atoms with Crippen LogP contribution in [-0.4, -0.2) is 28.5 Å². The highest BCUT2D eigenvalue weighted by Crippen LogP contribution is 2.17. The number of rotatable bonds is 6. The molecule has 29 heavy (non-hydrogen) atoms. The Morgan fingerprint density at radius 2 is 1.79 bits per heavy atom. The van der Waals surface area contributed by atoms with Gasteiger partial charge >= 0.3 is 5.97 Å². The Balaban J connectivity index is 1.65. The number of H-pyrrole nitrogens is 1. The molecule has 1 amide bonds. The van der Waals surface area contributed by atoms with E-state index in [0.717, 1.165) is 0 Å². The zero-order valence-electron chi connectivity index (χ0n) is 15.6. The third-order valence-electron chi connectivity index (χ3n) is 4.02. The maximum absolute atomic E-state index is 12.3. The van der Waals surface area contributed by atoms with E-state index in [4.69, 9.17) is 16.3 Å². The molecule has 2 N–H and O–H groups in total. The molecule has 0 saturated carbocycles. The molecule has 0 atom stereocenters. The van der Waals surface area contributed by atoms with Crippen LogP contribution in [0.25, 0.3) is 11.4 Å². The van der Waals surface area contributed by atoms with Gasteiger partial charge in [-0.05, 0) is 55.5 Å². The van der Waals surface area contributed by atoms with Gasteiger partial charge < -0.3 is 15.0 Å². The molecule has 3 aromatic rings. The number of benzene rings is 2. The number of halogens is 1. The summed E-state index contributed by atoms with van der Waals surface area (Å²) in [6.45, 7) is 2.02. The minimum absolute atomic E-state index is 0.136. The van der Waals surface area contributed by atoms with Gasteiger partial charge in [0.25, 0.3) is 5.56 Å². The molecule has 148 valence electrons. The fraction of sp³-hybridized carbons (Fsp3) is 0.143. The van der Waals surface area contributed by atoms with Gasteiger partial charge in [0, 0.05) is 28.0 Å². The van der Waals surface area contributed by atoms with Gasteiger partial charge in [-0.15, -0.1) is 0 Å². The molecule has 7 nitrogen and oxygen atoms in total. The van der Waals surface area contributed by atoms with Crippen LogP contribution in [0, 0.1) is 0 Å². The van der Waals surface area contributed by atoms with Crippen LogP contribution >= 0.6 is 11.6 Å². The fourth-order valence-electron chi connectivity index (χ4n) is 2.58. The molecule has 0 unspecified atom stereocenters. The van der Waals surface area contributed by atoms with E-state index in [0.29, 0.717) is 27.7 Å². The van der Waals surface area contributed by atoms with Gasteiger partial charge in [0.15, 0.2) is 0 Å². The first kappa shape index (κ1) is 20.3. The minimum atomic E-state index is -0.427. The Hall–Kier alpha value is -3.45. The average Bonchev–Trinajstić information content (AvgIpc) is 2.71. The molecule has 1 aromatic heterocycles. The van der Waals surface area contributed by atoms with E-state index >= 15 is 0 Å². The van der Waals surface area contributed by atoms with Crippen LogP contribution in [0.3, 0.4) is 0 Å². The largest absolute Gasteiger partial charge is 0.462 e. The molecule has 0 bridgehead atoms. The number of hydrogen-bond donors (Lipinski definition) is 2. The second kappa shape index (κ2) is 9.16. The van der Waals surface area contributed by atoms with Gasteiger partial charge in [-0.1, -0.05) is 11.6 Å². The first-order valence-electron chi connectivity index (χ1n) is 8.87. The molecule has 2 aromatic carbocycles. The van der Waals surface area contributed by atoms with Gasteiger partial charge in [-0.2, -0.15) is 0 Å². The van der Waals surface area contributed by atoms with Crippen molar-refractivity contribution in [3.63, 3.8) is 0 Å². The zero-order chi connectivity index (χ0) is 20.8. The van der Waals surface area contributed by atoms with Crippen molar-refractivity contribution in [1.82, 2.24) is 9.97 Å². The molecule has 8 heteroatoms. The first-order chi connectivity index (χ1) is 14.0. The Labute approximate surface area is 171 Å². The number of aromatic amines is 1. The average molecular weight is 412 g/mol. The number of nitrogens with zero attached hydrogens (tertiary/aromatic N) is 1. The molecule has 0 aliphatic carbocycles. The van der Waals surface area contributed by atoms with E-state index in [-0.39, 0.29) is 24.5 Å². The van der Waals surface area contributed by atoms with Gasteiger partial charge in [0.05, 0.1) is 18.6 Å². The van der Waals surface area contributed by atoms with Crippen LogP contribution < -0.4 is 10.9 Å². The highest BCUT2D eigenvalue weighted by molar-refractivity contribution is 6.30. The Bertz CT molecular complexity index is 1080. The van der Waals surface area contributed by atoms with E-state index < -0.39 is 11.5 Å². The lowest BCUT2D eigenvalue weighted by molar-refractivity contribution is -0.115. The minimum Gasteiger partial charge on any atom is -0.462 e. The number of carbonyl (C=O) groups is 2. The topological polar surface area (TPSA) is 101 Å². The summed E-state index contributed by atoms with van der Waals surface area (Å²) in [5.41, 5.74) is 1.46. The lowest BCUT2D eigenvalue weighted by atomic mass is 10.2. The van der Waals surface area contributed by atoms with Crippen LogP contribution in [0.15, 0.2) is 59.5 Å². The maximum atomic E-state index is 12.3. The Kier molecular flexibility index (Phi) is 6.41. The number of esters is 1. The molecular weight excluding hydrogens is 394 g/mol. The summed E-state index contributed by atoms with van der Waals surface area (Å²) >= 11 is 5.86. The maximum Gasteiger partial charge on any atom is 0.338 e. The molecular formula is C21H18ClN3O4. The SMILES string of the molecule is CCOC(=O)c1ccc(NC(=O)Cc2cnc(-c3ccc(Cl)cc3)[nH]c2=O)cc1. The second-order valence-electron chi connectivity index (χ2n) is 6.12. The van der Waals surface area contributed by atoms with E-state index in [1.165, 1.54) is 6.20 Å². The third kappa shape index (κ3) is 5.30. The van der Waals surface area contributed by atoms with Crippen molar-refractivity contribution in [3.8, 4) is 11.4 Å². The number of hydrogen-bond acceptors (Lipinski definition) is 5. The van der Waals surface area contributed by atoms with Crippen LogP contribution in [0.5, 0.6) is 0 Å². The van der Waals surface area contributed by atoms with Crippen LogP contribution in [-0.2, 0) is 16.0 Å². The molecule has 0 spiro atoms. The molecule has 0 fully saturated rings. The molecule has 3 rings (SSSR count). The van der Waals surface area contributed by atoms with Gasteiger partial charge in [0.2, 0.25) is 5.91 Å². The number of ether oxygens (including phenoxy) is 1. The zero-order valence-corrected chi connectivity index (χ0v) is 16.3. The quantitative estimate of drug-likeness (QED) is 0.605. The number of carbonyl (C=O) groups excluding carboxylic acids is 2. The van der Waals surface area contributed by atoms with Crippen molar-refractivity contribution < 1.29 is 14.3 Å². The van der Waals surface area contributed by atoms with Crippen molar-refractivity contribution in [3.05, 3.63) is 81.2 Å². The molecule has 0 saturated heterocycles. The molecule has 0 aliphatic heterocycles. The Morgan fingerprint density at radius 3 is 2.41 bits per heavy atom. The summed E-state index contributed by atoms with van der Waals surface area (Å²) in [6, 6.07) is 13.2. The summed E-state index contributed by atoms with van der Waals surface area (Å²) in [6.07, 6.45) is 1.25. The lowest BCUT2D eigenvalue weighted by Gasteiger charge is -2.07. The van der Waals surface area contributed by atoms with Crippen molar-refractivity contribution in [2.24, 2.45) is 0 Å². The predicted octanol–water partition coefficient (Wildman–Crippen LogP) is 3.45. The first-order valence-corrected chi connectivity index (χ1v) is 9.25. The smallest absolute Gasteiger partial charge is 0.338 e. The number of nitrogens with one attached hydrogen (secondary N) is 2. The summed E-state index contributed by atoms with van der Waals surface area (Å²) in [5, 5.41) is 3.27. The molecule has 1 heterocycles. The van der Waals surface area contributed by atoms with Crippen LogP contribution in [0.4, 0.5) is 5.69 Å². The van der Waals surface area contributed by atoms with E-state index in [1.54, 1.807) is 55.5 Å². The van der Waals surface area contributed by atoms with Gasteiger partial charge in [-0.3, -0.25) is 9.59 Å². The van der Waals surface area contributed by atoms with Crippen LogP contribution in [0.2, 0.25) is 5.02 Å². The predicted molar refractivity (Wildman–Crippen MR) is 110 cm³/mol. The van der Waals surface area contributed by atoms with E-state index in [1.807, 2.05) is 0 Å². The van der Waals surface area contributed by atoms with Gasteiger partial charge in [0.1, 0.15) is 5.82 Å². The highest BCUT2D eigenvalue weighted by atomic mass is 35.5. The van der Waals surface area contributed by atoms with Crippen molar-refractivity contribution in [2.75, 3.05) is 11.9 Å². The van der Waals surface area contributed by atoms with Crippen molar-refractivity contribution in [1.29, 1.82) is 0 Å². The fourth-order valence-corrected chi connectivity index (χ4v) is 2.71. The Morgan fingerprint density at radius 1 is 1.10 bits per heavy atom. The summed E-state index contributed by atoms with van der Waals surface area (Å²) < 4.78 is 4.91. The monoisotopic (exact) mass is 411 g/mol.